The van der Waals surface area contributed by atoms with Crippen molar-refractivity contribution in [2.75, 3.05) is 18.8 Å². The minimum absolute atomic E-state index is 0.170. The summed E-state index contributed by atoms with van der Waals surface area (Å²) in [5.74, 6) is 2.44. The van der Waals surface area contributed by atoms with Crippen molar-refractivity contribution in [1.29, 1.82) is 0 Å². The van der Waals surface area contributed by atoms with Gasteiger partial charge in [-0.2, -0.15) is 11.8 Å². The third kappa shape index (κ3) is 2.23. The van der Waals surface area contributed by atoms with Crippen LogP contribution in [0.25, 0.3) is 0 Å². The van der Waals surface area contributed by atoms with E-state index in [-0.39, 0.29) is 11.9 Å². The van der Waals surface area contributed by atoms with Crippen molar-refractivity contribution in [3.05, 3.63) is 21.4 Å². The maximum Gasteiger partial charge on any atom is 0.263 e. The third-order valence-corrected chi connectivity index (χ3v) is 5.58. The fourth-order valence-corrected chi connectivity index (χ4v) is 4.72. The summed E-state index contributed by atoms with van der Waals surface area (Å²) in [7, 11) is 0. The molecule has 2 N–H and O–H groups in total. The largest absolute Gasteiger partial charge is 0.336 e. The van der Waals surface area contributed by atoms with Crippen LogP contribution >= 0.6 is 23.1 Å². The van der Waals surface area contributed by atoms with E-state index in [4.69, 9.17) is 5.73 Å². The van der Waals surface area contributed by atoms with Gasteiger partial charge in [0.2, 0.25) is 0 Å². The topological polar surface area (TPSA) is 46.3 Å². The first-order chi connectivity index (χ1) is 8.24. The quantitative estimate of drug-likeness (QED) is 0.843. The highest BCUT2D eigenvalue weighted by molar-refractivity contribution is 7.98. The van der Waals surface area contributed by atoms with E-state index < -0.39 is 0 Å². The van der Waals surface area contributed by atoms with Gasteiger partial charge in [0, 0.05) is 29.8 Å². The fraction of sp³-hybridized carbons (Fsp3) is 0.583. The van der Waals surface area contributed by atoms with Gasteiger partial charge in [-0.25, -0.2) is 0 Å². The van der Waals surface area contributed by atoms with Crippen LogP contribution in [0.2, 0.25) is 0 Å². The minimum atomic E-state index is 0.170. The Labute approximate surface area is 109 Å². The number of thioether (sulfide) groups is 1. The average Bonchev–Trinajstić information content (AvgIpc) is 2.93. The zero-order chi connectivity index (χ0) is 11.8. The van der Waals surface area contributed by atoms with E-state index in [0.29, 0.717) is 0 Å². The van der Waals surface area contributed by atoms with Crippen molar-refractivity contribution < 1.29 is 4.79 Å². The summed E-state index contributed by atoms with van der Waals surface area (Å²) in [6, 6.07) is 2.27. The van der Waals surface area contributed by atoms with Crippen molar-refractivity contribution in [3.8, 4) is 0 Å². The number of thiophene rings is 1. The fourth-order valence-electron chi connectivity index (χ4n) is 2.38. The summed E-state index contributed by atoms with van der Waals surface area (Å²) in [4.78, 5) is 16.5. The number of likely N-dealkylation sites (tertiary alicyclic amines) is 1. The predicted octanol–water partition coefficient (Wildman–Crippen LogP) is 1.71. The number of carbonyl (C=O) groups is 1. The summed E-state index contributed by atoms with van der Waals surface area (Å²) < 4.78 is 0. The Morgan fingerprint density at radius 1 is 1.53 bits per heavy atom. The van der Waals surface area contributed by atoms with E-state index in [1.807, 2.05) is 16.7 Å². The van der Waals surface area contributed by atoms with Gasteiger partial charge in [0.15, 0.2) is 0 Å². The number of fused-ring (bicyclic) bond motifs is 1. The van der Waals surface area contributed by atoms with E-state index in [1.54, 1.807) is 11.3 Å². The monoisotopic (exact) mass is 268 g/mol. The average molecular weight is 268 g/mol. The Hall–Kier alpha value is -0.520. The van der Waals surface area contributed by atoms with Crippen LogP contribution in [0.15, 0.2) is 6.07 Å². The molecule has 0 radical (unpaired) electrons. The first kappa shape index (κ1) is 11.6. The van der Waals surface area contributed by atoms with E-state index in [2.05, 4.69) is 6.07 Å². The summed E-state index contributed by atoms with van der Waals surface area (Å²) in [5.41, 5.74) is 7.22. The molecule has 1 saturated heterocycles. The highest BCUT2D eigenvalue weighted by Gasteiger charge is 2.26. The van der Waals surface area contributed by atoms with Crippen LogP contribution in [0, 0.1) is 0 Å². The highest BCUT2D eigenvalue weighted by Crippen LogP contribution is 2.32. The number of nitrogens with two attached hydrogens (primary N) is 1. The van der Waals surface area contributed by atoms with Crippen LogP contribution in [0.4, 0.5) is 0 Å². The van der Waals surface area contributed by atoms with Gasteiger partial charge in [-0.3, -0.25) is 4.79 Å². The van der Waals surface area contributed by atoms with Crippen LogP contribution in [0.1, 0.15) is 26.5 Å². The summed E-state index contributed by atoms with van der Waals surface area (Å²) >= 11 is 3.64. The molecule has 17 heavy (non-hydrogen) atoms. The number of carbonyl (C=O) groups excluding carboxylic acids is 1. The Kier molecular flexibility index (Phi) is 3.15. The van der Waals surface area contributed by atoms with E-state index in [9.17, 15) is 4.79 Å². The molecule has 5 heteroatoms. The van der Waals surface area contributed by atoms with Gasteiger partial charge < -0.3 is 10.6 Å². The van der Waals surface area contributed by atoms with Crippen molar-refractivity contribution >= 4 is 29.0 Å². The molecule has 3 rings (SSSR count). The van der Waals surface area contributed by atoms with Gasteiger partial charge in [-0.05, 0) is 30.2 Å². The van der Waals surface area contributed by atoms with Crippen LogP contribution in [0.5, 0.6) is 0 Å². The summed E-state index contributed by atoms with van der Waals surface area (Å²) in [6.07, 6.45) is 2.06. The molecule has 1 fully saturated rings. The third-order valence-electron chi connectivity index (χ3n) is 3.35. The molecule has 0 saturated carbocycles. The molecule has 0 bridgehead atoms. The lowest BCUT2D eigenvalue weighted by molar-refractivity contribution is 0.0795. The van der Waals surface area contributed by atoms with E-state index in [0.717, 1.165) is 36.6 Å². The summed E-state index contributed by atoms with van der Waals surface area (Å²) in [5, 5.41) is 0. The van der Waals surface area contributed by atoms with E-state index in [1.165, 1.54) is 16.2 Å². The number of nitrogens with zero attached hydrogens (tertiary/aromatic N) is 1. The summed E-state index contributed by atoms with van der Waals surface area (Å²) in [6.45, 7) is 1.54. The second kappa shape index (κ2) is 4.63. The molecule has 0 aromatic carbocycles. The van der Waals surface area contributed by atoms with Gasteiger partial charge in [-0.1, -0.05) is 0 Å². The molecule has 1 unspecified atom stereocenters. The van der Waals surface area contributed by atoms with Crippen LogP contribution in [0.3, 0.4) is 0 Å². The molecule has 0 aliphatic carbocycles. The number of amides is 1. The van der Waals surface area contributed by atoms with Gasteiger partial charge in [0.1, 0.15) is 0 Å². The van der Waals surface area contributed by atoms with Crippen LogP contribution in [-0.2, 0) is 12.2 Å². The minimum Gasteiger partial charge on any atom is -0.336 e. The SMILES string of the molecule is NC1CCN(C(=O)c2cc3c(s2)CCSC3)C1. The zero-order valence-corrected chi connectivity index (χ0v) is 11.3. The number of hydrogen-bond donors (Lipinski definition) is 1. The molecular weight excluding hydrogens is 252 g/mol. The second-order valence-electron chi connectivity index (χ2n) is 4.66. The van der Waals surface area contributed by atoms with Gasteiger partial charge in [-0.15, -0.1) is 11.3 Å². The lowest BCUT2D eigenvalue weighted by Crippen LogP contribution is -2.31. The molecule has 1 atom stereocenters. The Morgan fingerprint density at radius 2 is 2.41 bits per heavy atom. The molecular formula is C12H16N2OS2. The number of hydrogen-bond acceptors (Lipinski definition) is 4. The first-order valence-electron chi connectivity index (χ1n) is 5.98. The van der Waals surface area contributed by atoms with Gasteiger partial charge in [0.25, 0.3) is 5.91 Å². The Morgan fingerprint density at radius 3 is 3.12 bits per heavy atom. The van der Waals surface area contributed by atoms with Gasteiger partial charge in [0.05, 0.1) is 4.88 Å². The van der Waals surface area contributed by atoms with E-state index >= 15 is 0 Å². The smallest absolute Gasteiger partial charge is 0.263 e. The maximum absolute atomic E-state index is 12.3. The van der Waals surface area contributed by atoms with Crippen LogP contribution in [-0.4, -0.2) is 35.7 Å². The Bertz CT molecular complexity index is 420. The predicted molar refractivity (Wildman–Crippen MR) is 72.7 cm³/mol. The lowest BCUT2D eigenvalue weighted by Gasteiger charge is -2.14. The molecule has 2 aliphatic rings. The molecule has 3 nitrogen and oxygen atoms in total. The first-order valence-corrected chi connectivity index (χ1v) is 7.95. The lowest BCUT2D eigenvalue weighted by atomic mass is 10.2. The standard InChI is InChI=1S/C12H16N2OS2/c13-9-1-3-14(6-9)12(15)11-5-8-7-16-4-2-10(8)17-11/h5,9H,1-4,6-7,13H2. The molecule has 2 aliphatic heterocycles. The van der Waals surface area contributed by atoms with Crippen molar-refractivity contribution in [2.24, 2.45) is 5.73 Å². The van der Waals surface area contributed by atoms with Crippen molar-refractivity contribution in [2.45, 2.75) is 24.6 Å². The van der Waals surface area contributed by atoms with Crippen molar-refractivity contribution in [1.82, 2.24) is 4.90 Å². The molecule has 3 heterocycles. The molecule has 0 spiro atoms. The number of aryl methyl sites for hydroxylation is 1. The maximum atomic E-state index is 12.3. The molecule has 92 valence electrons. The Balaban J connectivity index is 1.79. The number of rotatable bonds is 1. The van der Waals surface area contributed by atoms with Crippen molar-refractivity contribution in [3.63, 3.8) is 0 Å². The normalized spacial score (nSPS) is 23.8. The van der Waals surface area contributed by atoms with Crippen LogP contribution < -0.4 is 5.73 Å². The highest BCUT2D eigenvalue weighted by atomic mass is 32.2. The van der Waals surface area contributed by atoms with Gasteiger partial charge >= 0.3 is 0 Å². The second-order valence-corrected chi connectivity index (χ2v) is 6.90. The molecule has 1 amide bonds. The molecule has 1 aromatic rings. The molecule has 1 aromatic heterocycles. The zero-order valence-electron chi connectivity index (χ0n) is 9.65.